The largest absolute Gasteiger partial charge is 0.493 e. The molecule has 1 saturated heterocycles. The van der Waals surface area contributed by atoms with E-state index in [0.29, 0.717) is 67.1 Å². The molecule has 3 aromatic rings. The maximum Gasteiger partial charge on any atom is 0.419 e. The lowest BCUT2D eigenvalue weighted by molar-refractivity contribution is -0.139. The van der Waals surface area contributed by atoms with E-state index < -0.39 is 23.6 Å². The van der Waals surface area contributed by atoms with Crippen molar-refractivity contribution in [2.75, 3.05) is 57.7 Å². The zero-order chi connectivity index (χ0) is 27.4. The number of carbonyl (C=O) groups excluding carboxylic acids is 1. The molecular formula is C25H25F4N5O4. The Morgan fingerprint density at radius 2 is 1.55 bits per heavy atom. The summed E-state index contributed by atoms with van der Waals surface area (Å²) in [5.74, 6) is 0.636. The summed E-state index contributed by atoms with van der Waals surface area (Å²) < 4.78 is 68.5. The number of piperazine rings is 1. The monoisotopic (exact) mass is 535 g/mol. The molecule has 4 rings (SSSR count). The van der Waals surface area contributed by atoms with Crippen molar-refractivity contribution in [3.05, 3.63) is 53.8 Å². The molecule has 2 amide bonds. The Balaban J connectivity index is 1.39. The number of amides is 2. The number of aromatic nitrogens is 2. The van der Waals surface area contributed by atoms with Crippen molar-refractivity contribution in [1.82, 2.24) is 15.1 Å². The third-order valence-electron chi connectivity index (χ3n) is 6.02. The number of alkyl halides is 3. The van der Waals surface area contributed by atoms with Crippen molar-refractivity contribution in [2.24, 2.45) is 0 Å². The fourth-order valence-corrected chi connectivity index (χ4v) is 4.04. The van der Waals surface area contributed by atoms with Gasteiger partial charge in [-0.3, -0.25) is 0 Å². The van der Waals surface area contributed by atoms with Gasteiger partial charge in [-0.15, -0.1) is 10.2 Å². The summed E-state index contributed by atoms with van der Waals surface area (Å²) in [5.41, 5.74) is -0.272. The van der Waals surface area contributed by atoms with Gasteiger partial charge in [-0.1, -0.05) is 0 Å². The van der Waals surface area contributed by atoms with Crippen LogP contribution in [-0.4, -0.2) is 68.6 Å². The van der Waals surface area contributed by atoms with Gasteiger partial charge in [0.15, 0.2) is 17.3 Å². The Labute approximate surface area is 215 Å². The number of nitrogens with zero attached hydrogens (tertiary/aromatic N) is 4. The van der Waals surface area contributed by atoms with Crippen LogP contribution in [0.3, 0.4) is 0 Å². The number of urea groups is 1. The first-order chi connectivity index (χ1) is 18.1. The van der Waals surface area contributed by atoms with Gasteiger partial charge in [0.2, 0.25) is 5.75 Å². The molecule has 2 heterocycles. The number of nitrogens with one attached hydrogen (secondary N) is 1. The molecule has 1 aromatic heterocycles. The van der Waals surface area contributed by atoms with Crippen molar-refractivity contribution in [3.63, 3.8) is 0 Å². The normalized spacial score (nSPS) is 13.8. The Bertz CT molecular complexity index is 1270. The summed E-state index contributed by atoms with van der Waals surface area (Å²) in [5, 5.41) is 11.0. The zero-order valence-electron chi connectivity index (χ0n) is 20.8. The lowest BCUT2D eigenvalue weighted by Crippen LogP contribution is -2.50. The highest BCUT2D eigenvalue weighted by molar-refractivity contribution is 5.89. The third-order valence-corrected chi connectivity index (χ3v) is 6.02. The molecule has 0 bridgehead atoms. The fourth-order valence-electron chi connectivity index (χ4n) is 4.04. The molecule has 1 fully saturated rings. The van der Waals surface area contributed by atoms with Crippen molar-refractivity contribution in [1.29, 1.82) is 0 Å². The molecule has 0 atom stereocenters. The minimum atomic E-state index is -4.86. The topological polar surface area (TPSA) is 89.1 Å². The SMILES string of the molecule is COc1cc(-c2ccc(N3CCN(C(=O)Nc4ccc(F)c(C(F)(F)F)c4)CC3)nn2)cc(OC)c1OC. The number of rotatable bonds is 6. The second-order valence-corrected chi connectivity index (χ2v) is 8.29. The predicted molar refractivity (Wildman–Crippen MR) is 131 cm³/mol. The third kappa shape index (κ3) is 5.66. The number of methoxy groups -OCH3 is 3. The van der Waals surface area contributed by atoms with E-state index in [-0.39, 0.29) is 5.69 Å². The van der Waals surface area contributed by atoms with Crippen molar-refractivity contribution in [2.45, 2.75) is 6.18 Å². The number of anilines is 2. The van der Waals surface area contributed by atoms with Crippen LogP contribution >= 0.6 is 0 Å². The van der Waals surface area contributed by atoms with E-state index in [0.717, 1.165) is 11.6 Å². The zero-order valence-corrected chi connectivity index (χ0v) is 20.8. The van der Waals surface area contributed by atoms with Gasteiger partial charge >= 0.3 is 12.2 Å². The quantitative estimate of drug-likeness (QED) is 0.459. The van der Waals surface area contributed by atoms with E-state index in [1.54, 1.807) is 24.3 Å². The van der Waals surface area contributed by atoms with Gasteiger partial charge in [0, 0.05) is 37.4 Å². The second-order valence-electron chi connectivity index (χ2n) is 8.29. The summed E-state index contributed by atoms with van der Waals surface area (Å²) in [6.07, 6.45) is -4.86. The maximum atomic E-state index is 13.5. The van der Waals surface area contributed by atoms with Gasteiger partial charge in [0.25, 0.3) is 0 Å². The first kappa shape index (κ1) is 26.8. The Hall–Kier alpha value is -4.29. The van der Waals surface area contributed by atoms with Crippen LogP contribution in [0.15, 0.2) is 42.5 Å². The van der Waals surface area contributed by atoms with Crippen molar-refractivity contribution < 1.29 is 36.6 Å². The molecule has 0 aliphatic carbocycles. The molecule has 0 spiro atoms. The van der Waals surface area contributed by atoms with Gasteiger partial charge in [0.05, 0.1) is 32.6 Å². The van der Waals surface area contributed by atoms with E-state index >= 15 is 0 Å². The van der Waals surface area contributed by atoms with Crippen LogP contribution in [0.2, 0.25) is 0 Å². The summed E-state index contributed by atoms with van der Waals surface area (Å²) in [6.45, 7) is 1.47. The van der Waals surface area contributed by atoms with E-state index in [9.17, 15) is 22.4 Å². The number of halogens is 4. The Morgan fingerprint density at radius 3 is 2.08 bits per heavy atom. The fraction of sp³-hybridized carbons (Fsp3) is 0.320. The smallest absolute Gasteiger partial charge is 0.419 e. The molecule has 1 aliphatic rings. The van der Waals surface area contributed by atoms with Gasteiger partial charge in [-0.2, -0.15) is 13.2 Å². The molecule has 38 heavy (non-hydrogen) atoms. The summed E-state index contributed by atoms with van der Waals surface area (Å²) in [4.78, 5) is 16.0. The highest BCUT2D eigenvalue weighted by Crippen LogP contribution is 2.41. The van der Waals surface area contributed by atoms with Crippen LogP contribution in [0.5, 0.6) is 17.2 Å². The number of ether oxygens (including phenoxy) is 3. The summed E-state index contributed by atoms with van der Waals surface area (Å²) in [7, 11) is 4.56. The van der Waals surface area contributed by atoms with Gasteiger partial charge < -0.3 is 29.3 Å². The Morgan fingerprint density at radius 1 is 0.895 bits per heavy atom. The van der Waals surface area contributed by atoms with Crippen LogP contribution in [0.25, 0.3) is 11.3 Å². The highest BCUT2D eigenvalue weighted by Gasteiger charge is 2.34. The predicted octanol–water partition coefficient (Wildman–Crippen LogP) is 4.68. The minimum absolute atomic E-state index is 0.139. The average Bonchev–Trinajstić information content (AvgIpc) is 2.92. The van der Waals surface area contributed by atoms with E-state index in [1.807, 2.05) is 4.90 Å². The minimum Gasteiger partial charge on any atom is -0.493 e. The number of benzene rings is 2. The molecule has 2 aromatic carbocycles. The lowest BCUT2D eigenvalue weighted by atomic mass is 10.1. The van der Waals surface area contributed by atoms with E-state index in [2.05, 4.69) is 15.5 Å². The summed E-state index contributed by atoms with van der Waals surface area (Å²) >= 11 is 0. The molecule has 0 unspecified atom stereocenters. The lowest BCUT2D eigenvalue weighted by Gasteiger charge is -2.35. The first-order valence-corrected chi connectivity index (χ1v) is 11.5. The van der Waals surface area contributed by atoms with E-state index in [4.69, 9.17) is 14.2 Å². The number of hydrogen-bond donors (Lipinski definition) is 1. The van der Waals surface area contributed by atoms with Crippen molar-refractivity contribution in [3.8, 4) is 28.5 Å². The number of carbonyl (C=O) groups is 1. The van der Waals surface area contributed by atoms with Crippen LogP contribution in [-0.2, 0) is 6.18 Å². The number of hydrogen-bond acceptors (Lipinski definition) is 7. The average molecular weight is 535 g/mol. The van der Waals surface area contributed by atoms with Gasteiger partial charge in [-0.05, 0) is 42.5 Å². The Kier molecular flexibility index (Phi) is 7.74. The molecule has 9 nitrogen and oxygen atoms in total. The first-order valence-electron chi connectivity index (χ1n) is 11.5. The van der Waals surface area contributed by atoms with Crippen LogP contribution < -0.4 is 24.4 Å². The molecular weight excluding hydrogens is 510 g/mol. The molecule has 0 radical (unpaired) electrons. The maximum absolute atomic E-state index is 13.5. The molecule has 1 aliphatic heterocycles. The summed E-state index contributed by atoms with van der Waals surface area (Å²) in [6, 6.07) is 8.90. The highest BCUT2D eigenvalue weighted by atomic mass is 19.4. The van der Waals surface area contributed by atoms with Gasteiger partial charge in [0.1, 0.15) is 5.82 Å². The second kappa shape index (κ2) is 11.0. The van der Waals surface area contributed by atoms with E-state index in [1.165, 1.54) is 26.2 Å². The molecule has 13 heteroatoms. The van der Waals surface area contributed by atoms with Crippen LogP contribution in [0.1, 0.15) is 5.56 Å². The van der Waals surface area contributed by atoms with Gasteiger partial charge in [-0.25, -0.2) is 9.18 Å². The molecule has 0 saturated carbocycles. The van der Waals surface area contributed by atoms with Crippen LogP contribution in [0.4, 0.5) is 33.9 Å². The standard InChI is InChI=1S/C25H25F4N5O4/c1-36-20-12-15(13-21(37-2)23(20)38-3)19-6-7-22(32-31-19)33-8-10-34(11-9-33)24(35)30-16-4-5-18(26)17(14-16)25(27,28)29/h4-7,12-14H,8-11H2,1-3H3,(H,30,35). The molecule has 202 valence electrons. The van der Waals surface area contributed by atoms with Crippen LogP contribution in [0, 0.1) is 5.82 Å². The molecule has 1 N–H and O–H groups in total. The van der Waals surface area contributed by atoms with Crippen molar-refractivity contribution >= 4 is 17.5 Å².